The minimum atomic E-state index is -0.262. The number of aromatic nitrogens is 2. The summed E-state index contributed by atoms with van der Waals surface area (Å²) in [7, 11) is 0. The van der Waals surface area contributed by atoms with Gasteiger partial charge in [-0.25, -0.2) is 9.97 Å². The highest BCUT2D eigenvalue weighted by molar-refractivity contribution is 9.10. The number of benzene rings is 2. The van der Waals surface area contributed by atoms with E-state index in [-0.39, 0.29) is 5.91 Å². The molecule has 1 heterocycles. The topological polar surface area (TPSA) is 58.1 Å². The summed E-state index contributed by atoms with van der Waals surface area (Å²) in [5, 5.41) is 2.90. The number of amides is 1. The molecule has 0 unspecified atom stereocenters. The van der Waals surface area contributed by atoms with E-state index in [1.165, 1.54) is 0 Å². The van der Waals surface area contributed by atoms with Crippen molar-refractivity contribution in [2.24, 2.45) is 0 Å². The van der Waals surface area contributed by atoms with E-state index in [0.717, 1.165) is 23.1 Å². The van der Waals surface area contributed by atoms with Gasteiger partial charge in [0.15, 0.2) is 11.5 Å². The molecule has 1 aromatic heterocycles. The van der Waals surface area contributed by atoms with Crippen LogP contribution in [0.4, 0.5) is 11.5 Å². The Labute approximate surface area is 155 Å². The molecule has 0 bridgehead atoms. The van der Waals surface area contributed by atoms with Gasteiger partial charge in [-0.3, -0.25) is 4.79 Å². The van der Waals surface area contributed by atoms with Gasteiger partial charge in [0.05, 0.1) is 11.0 Å². The van der Waals surface area contributed by atoms with E-state index in [9.17, 15) is 4.79 Å². The Morgan fingerprint density at radius 3 is 2.20 bits per heavy atom. The van der Waals surface area contributed by atoms with Crippen molar-refractivity contribution in [3.8, 4) is 0 Å². The molecule has 5 nitrogen and oxygen atoms in total. The molecule has 2 aromatic carbocycles. The first-order valence-corrected chi connectivity index (χ1v) is 9.00. The van der Waals surface area contributed by atoms with E-state index in [0.29, 0.717) is 22.7 Å². The first-order valence-electron chi connectivity index (χ1n) is 8.21. The number of halogens is 1. The van der Waals surface area contributed by atoms with Gasteiger partial charge in [-0.1, -0.05) is 28.1 Å². The lowest BCUT2D eigenvalue weighted by Gasteiger charge is -2.22. The monoisotopic (exact) mass is 398 g/mol. The number of carbonyl (C=O) groups is 1. The highest BCUT2D eigenvalue weighted by Gasteiger charge is 2.20. The summed E-state index contributed by atoms with van der Waals surface area (Å²) in [6, 6.07) is 15.0. The van der Waals surface area contributed by atoms with Crippen molar-refractivity contribution < 1.29 is 4.79 Å². The largest absolute Gasteiger partial charge is 0.355 e. The van der Waals surface area contributed by atoms with Crippen molar-refractivity contribution in [1.82, 2.24) is 9.97 Å². The number of hydrogen-bond acceptors (Lipinski definition) is 4. The quantitative estimate of drug-likeness (QED) is 0.687. The molecule has 0 saturated carbocycles. The van der Waals surface area contributed by atoms with Gasteiger partial charge in [0, 0.05) is 23.2 Å². The highest BCUT2D eigenvalue weighted by Crippen LogP contribution is 2.22. The van der Waals surface area contributed by atoms with E-state index < -0.39 is 0 Å². The minimum absolute atomic E-state index is 0.262. The van der Waals surface area contributed by atoms with Gasteiger partial charge < -0.3 is 10.2 Å². The Hall–Kier alpha value is -2.47. The lowest BCUT2D eigenvalue weighted by molar-refractivity contribution is 0.102. The van der Waals surface area contributed by atoms with Crippen LogP contribution in [0.2, 0.25) is 0 Å². The van der Waals surface area contributed by atoms with Gasteiger partial charge >= 0.3 is 0 Å². The Bertz CT molecular complexity index is 892. The number of para-hydroxylation sites is 2. The van der Waals surface area contributed by atoms with E-state index >= 15 is 0 Å². The zero-order valence-electron chi connectivity index (χ0n) is 14.2. The molecule has 3 aromatic rings. The zero-order valence-corrected chi connectivity index (χ0v) is 15.7. The van der Waals surface area contributed by atoms with Crippen LogP contribution in [-0.2, 0) is 0 Å². The maximum Gasteiger partial charge on any atom is 0.278 e. The third-order valence-corrected chi connectivity index (χ3v) is 4.46. The average molecular weight is 399 g/mol. The molecule has 0 saturated heterocycles. The van der Waals surface area contributed by atoms with Crippen LogP contribution in [0.1, 0.15) is 24.3 Å². The van der Waals surface area contributed by atoms with Crippen LogP contribution >= 0.6 is 15.9 Å². The fraction of sp³-hybridized carbons (Fsp3) is 0.211. The van der Waals surface area contributed by atoms with E-state index in [1.807, 2.05) is 67.3 Å². The van der Waals surface area contributed by atoms with Crippen molar-refractivity contribution >= 4 is 44.4 Å². The van der Waals surface area contributed by atoms with Crippen LogP contribution in [-0.4, -0.2) is 29.0 Å². The molecule has 1 amide bonds. The maximum atomic E-state index is 12.8. The summed E-state index contributed by atoms with van der Waals surface area (Å²) in [5.74, 6) is 0.348. The molecule has 0 aliphatic carbocycles. The van der Waals surface area contributed by atoms with Gasteiger partial charge in [0.1, 0.15) is 0 Å². The van der Waals surface area contributed by atoms with Crippen molar-refractivity contribution in [3.05, 3.63) is 58.7 Å². The van der Waals surface area contributed by atoms with Crippen LogP contribution in [0.25, 0.3) is 11.0 Å². The molecule has 1 N–H and O–H groups in total. The predicted octanol–water partition coefficient (Wildman–Crippen LogP) is 4.49. The molecule has 0 aliphatic rings. The normalized spacial score (nSPS) is 10.7. The molecular weight excluding hydrogens is 380 g/mol. The van der Waals surface area contributed by atoms with Crippen molar-refractivity contribution in [1.29, 1.82) is 0 Å². The van der Waals surface area contributed by atoms with Crippen molar-refractivity contribution in [2.75, 3.05) is 23.3 Å². The van der Waals surface area contributed by atoms with Gasteiger partial charge in [0.2, 0.25) is 0 Å². The number of anilines is 2. The summed E-state index contributed by atoms with van der Waals surface area (Å²) in [6.07, 6.45) is 0. The SMILES string of the molecule is CCN(CC)c1nc2ccccc2nc1C(=O)Nc1ccc(Br)cc1. The number of fused-ring (bicyclic) bond motifs is 1. The Kier molecular flexibility index (Phi) is 5.28. The number of hydrogen-bond donors (Lipinski definition) is 1. The molecular formula is C19H19BrN4O. The number of nitrogens with one attached hydrogen (secondary N) is 1. The van der Waals surface area contributed by atoms with Gasteiger partial charge in [0.25, 0.3) is 5.91 Å². The number of nitrogens with zero attached hydrogens (tertiary/aromatic N) is 3. The summed E-state index contributed by atoms with van der Waals surface area (Å²) < 4.78 is 0.958. The van der Waals surface area contributed by atoms with Gasteiger partial charge in [-0.05, 0) is 50.2 Å². The second-order valence-electron chi connectivity index (χ2n) is 5.52. The Balaban J connectivity index is 2.03. The van der Waals surface area contributed by atoms with Gasteiger partial charge in [-0.2, -0.15) is 0 Å². The van der Waals surface area contributed by atoms with Crippen LogP contribution < -0.4 is 10.2 Å². The van der Waals surface area contributed by atoms with E-state index in [1.54, 1.807) is 0 Å². The van der Waals surface area contributed by atoms with E-state index in [2.05, 4.69) is 31.2 Å². The first kappa shape index (κ1) is 17.4. The predicted molar refractivity (Wildman–Crippen MR) is 105 cm³/mol. The molecule has 3 rings (SSSR count). The molecule has 0 atom stereocenters. The second-order valence-corrected chi connectivity index (χ2v) is 6.43. The molecule has 0 aliphatic heterocycles. The number of rotatable bonds is 5. The Morgan fingerprint density at radius 1 is 1.00 bits per heavy atom. The Morgan fingerprint density at radius 2 is 1.60 bits per heavy atom. The molecule has 0 spiro atoms. The van der Waals surface area contributed by atoms with Crippen LogP contribution in [0.3, 0.4) is 0 Å². The zero-order chi connectivity index (χ0) is 17.8. The minimum Gasteiger partial charge on any atom is -0.355 e. The van der Waals surface area contributed by atoms with E-state index in [4.69, 9.17) is 0 Å². The molecule has 25 heavy (non-hydrogen) atoms. The second kappa shape index (κ2) is 7.61. The lowest BCUT2D eigenvalue weighted by Crippen LogP contribution is -2.27. The van der Waals surface area contributed by atoms with Crippen molar-refractivity contribution in [3.63, 3.8) is 0 Å². The summed E-state index contributed by atoms with van der Waals surface area (Å²) >= 11 is 3.39. The third kappa shape index (κ3) is 3.79. The third-order valence-electron chi connectivity index (χ3n) is 3.93. The summed E-state index contributed by atoms with van der Waals surface area (Å²) in [4.78, 5) is 24.2. The highest BCUT2D eigenvalue weighted by atomic mass is 79.9. The molecule has 0 fully saturated rings. The maximum absolute atomic E-state index is 12.8. The molecule has 6 heteroatoms. The summed E-state index contributed by atoms with van der Waals surface area (Å²) in [6.45, 7) is 5.58. The standard InChI is InChI=1S/C19H19BrN4O/c1-3-24(4-2)18-17(22-15-7-5-6-8-16(15)23-18)19(25)21-14-11-9-13(20)10-12-14/h5-12H,3-4H2,1-2H3,(H,21,25). The van der Waals surface area contributed by atoms with Gasteiger partial charge in [-0.15, -0.1) is 0 Å². The molecule has 128 valence electrons. The smallest absolute Gasteiger partial charge is 0.278 e. The number of carbonyl (C=O) groups excluding carboxylic acids is 1. The van der Waals surface area contributed by atoms with Crippen molar-refractivity contribution in [2.45, 2.75) is 13.8 Å². The molecule has 0 radical (unpaired) electrons. The fourth-order valence-electron chi connectivity index (χ4n) is 2.61. The fourth-order valence-corrected chi connectivity index (χ4v) is 2.87. The van der Waals surface area contributed by atoms with Crippen LogP contribution in [0, 0.1) is 0 Å². The summed E-state index contributed by atoms with van der Waals surface area (Å²) in [5.41, 5.74) is 2.54. The average Bonchev–Trinajstić information content (AvgIpc) is 2.64. The van der Waals surface area contributed by atoms with Crippen LogP contribution in [0.5, 0.6) is 0 Å². The lowest BCUT2D eigenvalue weighted by atomic mass is 10.2. The van der Waals surface area contributed by atoms with Crippen LogP contribution in [0.15, 0.2) is 53.0 Å². The first-order chi connectivity index (χ1) is 12.1.